The monoisotopic (exact) mass is 666 g/mol. The zero-order valence-corrected chi connectivity index (χ0v) is 21.9. The first-order valence-corrected chi connectivity index (χ1v) is 11.7. The Morgan fingerprint density at radius 3 is 1.97 bits per heavy atom. The van der Waals surface area contributed by atoms with E-state index in [2.05, 4.69) is 78.7 Å². The summed E-state index contributed by atoms with van der Waals surface area (Å²) in [7, 11) is 0. The first kappa shape index (κ1) is 23.5. The van der Waals surface area contributed by atoms with Gasteiger partial charge in [-0.2, -0.15) is 5.26 Å². The lowest BCUT2D eigenvalue weighted by atomic mass is 10.2. The van der Waals surface area contributed by atoms with E-state index >= 15 is 0 Å². The zero-order valence-electron chi connectivity index (χ0n) is 15.5. The van der Waals surface area contributed by atoms with Gasteiger partial charge in [0.1, 0.15) is 17.5 Å². The Kier molecular flexibility index (Phi) is 8.26. The molecule has 4 heterocycles. The SMILES string of the molecule is N#Cc1cc(Br)cc(-c2cc(Br)ccn2)n1.O[n+]1ccc(Br)cc1-c1cc(Br)ccn1. The molecule has 1 N–H and O–H groups in total. The van der Waals surface area contributed by atoms with Crippen molar-refractivity contribution < 1.29 is 9.94 Å². The van der Waals surface area contributed by atoms with E-state index in [1.807, 2.05) is 36.4 Å². The van der Waals surface area contributed by atoms with Gasteiger partial charge in [-0.15, -0.1) is 0 Å². The average molecular weight is 670 g/mol. The van der Waals surface area contributed by atoms with Crippen molar-refractivity contribution in [3.8, 4) is 28.8 Å². The molecule has 31 heavy (non-hydrogen) atoms. The third-order valence-electron chi connectivity index (χ3n) is 3.77. The molecule has 0 saturated heterocycles. The zero-order chi connectivity index (χ0) is 22.4. The lowest BCUT2D eigenvalue weighted by molar-refractivity contribution is -0.896. The molecule has 4 aromatic rings. The highest BCUT2D eigenvalue weighted by molar-refractivity contribution is 9.11. The van der Waals surface area contributed by atoms with E-state index in [0.717, 1.165) is 28.3 Å². The second-order valence-corrected chi connectivity index (χ2v) is 9.62. The number of rotatable bonds is 2. The van der Waals surface area contributed by atoms with Crippen molar-refractivity contribution >= 4 is 63.7 Å². The highest BCUT2D eigenvalue weighted by Gasteiger charge is 2.14. The van der Waals surface area contributed by atoms with Crippen LogP contribution in [0.1, 0.15) is 5.69 Å². The van der Waals surface area contributed by atoms with Crippen LogP contribution in [0, 0.1) is 11.3 Å². The molecule has 0 bridgehead atoms. The molecule has 0 atom stereocenters. The fourth-order valence-corrected chi connectivity index (χ4v) is 3.87. The van der Waals surface area contributed by atoms with Crippen LogP contribution in [0.15, 0.2) is 85.0 Å². The maximum Gasteiger partial charge on any atom is 0.283 e. The number of aromatic nitrogens is 4. The molecule has 0 spiro atoms. The summed E-state index contributed by atoms with van der Waals surface area (Å²) in [5.41, 5.74) is 3.10. The van der Waals surface area contributed by atoms with Crippen LogP contribution in [-0.2, 0) is 0 Å². The predicted molar refractivity (Wildman–Crippen MR) is 130 cm³/mol. The normalized spacial score (nSPS) is 10.0. The Balaban J connectivity index is 0.000000176. The number of hydrogen-bond donors (Lipinski definition) is 1. The summed E-state index contributed by atoms with van der Waals surface area (Å²) in [6.45, 7) is 0. The highest BCUT2D eigenvalue weighted by Crippen LogP contribution is 2.23. The van der Waals surface area contributed by atoms with E-state index in [-0.39, 0.29) is 0 Å². The van der Waals surface area contributed by atoms with Gasteiger partial charge >= 0.3 is 0 Å². The van der Waals surface area contributed by atoms with E-state index in [0.29, 0.717) is 22.8 Å². The fraction of sp³-hybridized carbons (Fsp3) is 0. The summed E-state index contributed by atoms with van der Waals surface area (Å²) >= 11 is 13.4. The van der Waals surface area contributed by atoms with Gasteiger partial charge in [0.25, 0.3) is 5.69 Å². The van der Waals surface area contributed by atoms with Crippen LogP contribution in [0.2, 0.25) is 0 Å². The Bertz CT molecular complexity index is 1280. The van der Waals surface area contributed by atoms with Gasteiger partial charge in [0.05, 0.1) is 11.4 Å². The lowest BCUT2D eigenvalue weighted by Gasteiger charge is -2.01. The summed E-state index contributed by atoms with van der Waals surface area (Å²) in [5, 5.41) is 18.4. The minimum atomic E-state index is 0.367. The molecule has 4 rings (SSSR count). The Hall–Kier alpha value is -2.19. The molecule has 154 valence electrons. The molecule has 0 aliphatic carbocycles. The maximum absolute atomic E-state index is 9.62. The summed E-state index contributed by atoms with van der Waals surface area (Å²) in [6.07, 6.45) is 4.93. The van der Waals surface area contributed by atoms with E-state index in [1.165, 1.54) is 0 Å². The second kappa shape index (κ2) is 10.9. The Morgan fingerprint density at radius 1 is 0.742 bits per heavy atom. The van der Waals surface area contributed by atoms with Crippen LogP contribution in [-0.4, -0.2) is 20.2 Å². The van der Waals surface area contributed by atoms with Crippen LogP contribution in [0.3, 0.4) is 0 Å². The van der Waals surface area contributed by atoms with Gasteiger partial charge in [-0.3, -0.25) is 10.2 Å². The van der Waals surface area contributed by atoms with Crippen LogP contribution in [0.5, 0.6) is 0 Å². The smallest absolute Gasteiger partial charge is 0.283 e. The summed E-state index contributed by atoms with van der Waals surface area (Å²) < 4.78 is 4.60. The first-order chi connectivity index (χ1) is 14.9. The van der Waals surface area contributed by atoms with E-state index in [9.17, 15) is 5.21 Å². The number of nitriles is 1. The van der Waals surface area contributed by atoms with Gasteiger partial charge < -0.3 is 0 Å². The van der Waals surface area contributed by atoms with E-state index in [1.54, 1.807) is 36.8 Å². The van der Waals surface area contributed by atoms with Crippen molar-refractivity contribution in [1.29, 1.82) is 5.26 Å². The number of halogens is 4. The third-order valence-corrected chi connectivity index (χ3v) is 5.71. The molecule has 4 aromatic heterocycles. The number of hydrogen-bond acceptors (Lipinski definition) is 5. The quantitative estimate of drug-likeness (QED) is 0.199. The van der Waals surface area contributed by atoms with Crippen molar-refractivity contribution in [2.45, 2.75) is 0 Å². The molecular weight excluding hydrogens is 658 g/mol. The van der Waals surface area contributed by atoms with E-state index < -0.39 is 0 Å². The standard InChI is InChI=1S/C11H5Br2N3.C10H7Br2N2O/c12-7-1-2-15-10(4-7)11-5-8(13)3-9(6-14)16-11;11-7-1-3-13-9(5-7)10-6-8(12)2-4-14(10)15/h1-5H;1-6,15H/q;+1. The molecule has 10 heteroatoms. The Labute approximate surface area is 212 Å². The molecule has 0 radical (unpaired) electrons. The summed E-state index contributed by atoms with van der Waals surface area (Å²) in [6, 6.07) is 16.4. The number of nitrogens with zero attached hydrogens (tertiary/aromatic N) is 5. The molecular formula is C21H12Br4N5O+. The molecule has 0 aromatic carbocycles. The predicted octanol–water partition coefficient (Wildman–Crippen LogP) is 6.34. The summed E-state index contributed by atoms with van der Waals surface area (Å²) in [4.78, 5) is 12.6. The topological polar surface area (TPSA) is 86.6 Å². The van der Waals surface area contributed by atoms with Gasteiger partial charge in [-0.05, 0) is 36.4 Å². The van der Waals surface area contributed by atoms with Crippen molar-refractivity contribution in [3.05, 3.63) is 90.7 Å². The minimum Gasteiger partial charge on any atom is -0.284 e. The molecule has 0 saturated carbocycles. The van der Waals surface area contributed by atoms with Crippen LogP contribution < -0.4 is 4.73 Å². The second-order valence-electron chi connectivity index (χ2n) is 5.96. The average Bonchev–Trinajstić information content (AvgIpc) is 2.75. The minimum absolute atomic E-state index is 0.367. The molecule has 0 unspecified atom stereocenters. The molecule has 0 aliphatic heterocycles. The van der Waals surface area contributed by atoms with Gasteiger partial charge in [0, 0.05) is 47.1 Å². The van der Waals surface area contributed by atoms with Gasteiger partial charge in [0.2, 0.25) is 6.20 Å². The highest BCUT2D eigenvalue weighted by atomic mass is 79.9. The Morgan fingerprint density at radius 2 is 1.32 bits per heavy atom. The van der Waals surface area contributed by atoms with Gasteiger partial charge in [-0.1, -0.05) is 63.7 Å². The van der Waals surface area contributed by atoms with Crippen molar-refractivity contribution in [1.82, 2.24) is 15.0 Å². The molecule has 0 amide bonds. The molecule has 6 nitrogen and oxygen atoms in total. The summed E-state index contributed by atoms with van der Waals surface area (Å²) in [5.74, 6) is 0. The maximum atomic E-state index is 9.62. The van der Waals surface area contributed by atoms with E-state index in [4.69, 9.17) is 5.26 Å². The van der Waals surface area contributed by atoms with Gasteiger partial charge in [0.15, 0.2) is 0 Å². The van der Waals surface area contributed by atoms with Crippen molar-refractivity contribution in [2.24, 2.45) is 0 Å². The first-order valence-electron chi connectivity index (χ1n) is 8.57. The fourth-order valence-electron chi connectivity index (χ4n) is 2.43. The van der Waals surface area contributed by atoms with Crippen molar-refractivity contribution in [2.75, 3.05) is 0 Å². The van der Waals surface area contributed by atoms with Crippen LogP contribution >= 0.6 is 63.7 Å². The third kappa shape index (κ3) is 6.64. The van der Waals surface area contributed by atoms with Crippen LogP contribution in [0.4, 0.5) is 0 Å². The van der Waals surface area contributed by atoms with Gasteiger partial charge in [-0.25, -0.2) is 9.97 Å². The van der Waals surface area contributed by atoms with Crippen LogP contribution in [0.25, 0.3) is 22.8 Å². The number of pyridine rings is 4. The molecule has 0 fully saturated rings. The largest absolute Gasteiger partial charge is 0.284 e. The molecule has 0 aliphatic rings. The van der Waals surface area contributed by atoms with Crippen molar-refractivity contribution in [3.63, 3.8) is 0 Å². The lowest BCUT2D eigenvalue weighted by Crippen LogP contribution is -2.32.